The van der Waals surface area contributed by atoms with Crippen LogP contribution in [0.5, 0.6) is 0 Å². The highest BCUT2D eigenvalue weighted by Crippen LogP contribution is 2.47. The van der Waals surface area contributed by atoms with Gasteiger partial charge in [0.15, 0.2) is 5.69 Å². The van der Waals surface area contributed by atoms with Crippen LogP contribution in [-0.2, 0) is 27.7 Å². The summed E-state index contributed by atoms with van der Waals surface area (Å²) >= 11 is 0. The van der Waals surface area contributed by atoms with Crippen molar-refractivity contribution >= 4 is 12.1 Å². The minimum atomic E-state index is -5.10. The van der Waals surface area contributed by atoms with E-state index >= 15 is 0 Å². The van der Waals surface area contributed by atoms with Gasteiger partial charge in [-0.25, -0.2) is 4.98 Å². The number of hydrogen-bond donors (Lipinski definition) is 1. The molecule has 3 rings (SSSR count). The highest BCUT2D eigenvalue weighted by Gasteiger charge is 2.61. The van der Waals surface area contributed by atoms with Crippen molar-refractivity contribution in [1.82, 2.24) is 15.2 Å². The fraction of sp³-hybridized carbons (Fsp3) is 0.226. The third-order valence-electron chi connectivity index (χ3n) is 6.39. The number of carbonyl (C=O) groups excluding carboxylic acids is 1. The van der Waals surface area contributed by atoms with E-state index in [0.29, 0.717) is 11.6 Å². The Labute approximate surface area is 249 Å². The van der Waals surface area contributed by atoms with Gasteiger partial charge in [0.2, 0.25) is 12.0 Å². The summed E-state index contributed by atoms with van der Waals surface area (Å²) in [5.41, 5.74) is -5.19. The number of pyridine rings is 1. The molecule has 0 aliphatic carbocycles. The number of halogens is 6. The maximum Gasteiger partial charge on any atom is 0.426 e. The minimum absolute atomic E-state index is 0.0725. The van der Waals surface area contributed by atoms with Crippen molar-refractivity contribution in [3.05, 3.63) is 110 Å². The number of carbonyl (C=O) groups is 1. The molecule has 0 radical (unpaired) electrons. The van der Waals surface area contributed by atoms with Crippen LogP contribution in [0.15, 0.2) is 97.0 Å². The van der Waals surface area contributed by atoms with Crippen molar-refractivity contribution in [3.63, 3.8) is 0 Å². The summed E-state index contributed by atoms with van der Waals surface area (Å²) in [6, 6.07) is 6.69. The molecule has 1 unspecified atom stereocenters. The lowest BCUT2D eigenvalue weighted by atomic mass is 9.96. The van der Waals surface area contributed by atoms with E-state index in [1.165, 1.54) is 42.5 Å². The van der Waals surface area contributed by atoms with Crippen LogP contribution < -0.4 is 5.32 Å². The maximum absolute atomic E-state index is 14.8. The lowest BCUT2D eigenvalue weighted by molar-refractivity contribution is -0.292. The van der Waals surface area contributed by atoms with Gasteiger partial charge in [-0.1, -0.05) is 67.8 Å². The van der Waals surface area contributed by atoms with E-state index in [4.69, 9.17) is 9.15 Å². The van der Waals surface area contributed by atoms with Crippen LogP contribution >= 0.6 is 0 Å². The quantitative estimate of drug-likeness (QED) is 0.0800. The number of nitrogens with one attached hydrogen (secondary N) is 1. The number of ether oxygens (including phenoxy) is 1. The number of alkyl halides is 6. The summed E-state index contributed by atoms with van der Waals surface area (Å²) in [5, 5.41) is 9.40. The molecule has 232 valence electrons. The smallest absolute Gasteiger partial charge is 0.416 e. The van der Waals surface area contributed by atoms with Crippen molar-refractivity contribution in [1.29, 1.82) is 0 Å². The van der Waals surface area contributed by atoms with E-state index in [1.807, 2.05) is 0 Å². The van der Waals surface area contributed by atoms with E-state index in [-0.39, 0.29) is 30.4 Å². The molecule has 0 bridgehead atoms. The van der Waals surface area contributed by atoms with Crippen LogP contribution in [0.1, 0.15) is 29.9 Å². The number of amides is 1. The zero-order valence-corrected chi connectivity index (χ0v) is 23.3. The molecule has 1 atom stereocenters. The second-order valence-electron chi connectivity index (χ2n) is 9.23. The Morgan fingerprint density at radius 3 is 2.32 bits per heavy atom. The first-order valence-electron chi connectivity index (χ1n) is 13.0. The Morgan fingerprint density at radius 1 is 1.00 bits per heavy atom. The van der Waals surface area contributed by atoms with Gasteiger partial charge in [-0.15, -0.1) is 23.4 Å². The number of nitrogens with zero attached hydrogens (tertiary/aromatic N) is 3. The van der Waals surface area contributed by atoms with Crippen molar-refractivity contribution in [2.75, 3.05) is 11.9 Å². The Hall–Kier alpha value is -4.78. The number of rotatable bonds is 15. The first-order valence-corrected chi connectivity index (χ1v) is 13.0. The molecule has 1 N–H and O–H groups in total. The van der Waals surface area contributed by atoms with Gasteiger partial charge in [0.05, 0.1) is 23.6 Å². The minimum Gasteiger partial charge on any atom is -0.416 e. The van der Waals surface area contributed by atoms with Gasteiger partial charge in [-0.2, -0.15) is 26.3 Å². The predicted octanol–water partition coefficient (Wildman–Crippen LogP) is 8.15. The summed E-state index contributed by atoms with van der Waals surface area (Å²) in [7, 11) is 0. The van der Waals surface area contributed by atoms with E-state index in [0.717, 1.165) is 0 Å². The molecule has 7 nitrogen and oxygen atoms in total. The van der Waals surface area contributed by atoms with Gasteiger partial charge in [-0.05, 0) is 36.5 Å². The average Bonchev–Trinajstić information content (AvgIpc) is 3.46. The molecule has 3 aromatic rings. The Morgan fingerprint density at radius 2 is 1.73 bits per heavy atom. The third kappa shape index (κ3) is 7.22. The largest absolute Gasteiger partial charge is 0.426 e. The zero-order chi connectivity index (χ0) is 32.5. The second kappa shape index (κ2) is 14.1. The standard InChI is InChI=1S/C31H28F6N4O3/c1-5-9-16-29(31(35,36)37,43-18-20(8-4)12-6-2)28-41-40-27(44-28)26-24(38-19-42)17-23(30(32,33)34)25(39-26)22-15-11-10-14-21(22)13-7-3/h5-8,10-12,14-15,17,19H,1-4,9,13,16,18H2,(H,38,42)/b20-12+. The molecule has 2 heterocycles. The van der Waals surface area contributed by atoms with E-state index in [1.54, 1.807) is 12.1 Å². The molecule has 0 saturated carbocycles. The fourth-order valence-electron chi connectivity index (χ4n) is 4.26. The summed E-state index contributed by atoms with van der Waals surface area (Å²) in [6.07, 6.45) is -3.93. The third-order valence-corrected chi connectivity index (χ3v) is 6.39. The van der Waals surface area contributed by atoms with Gasteiger partial charge < -0.3 is 14.5 Å². The second-order valence-corrected chi connectivity index (χ2v) is 9.23. The lowest BCUT2D eigenvalue weighted by Gasteiger charge is -2.32. The summed E-state index contributed by atoms with van der Waals surface area (Å²) in [6.45, 7) is 13.6. The van der Waals surface area contributed by atoms with Crippen LogP contribution in [0.4, 0.5) is 32.0 Å². The van der Waals surface area contributed by atoms with Gasteiger partial charge >= 0.3 is 12.4 Å². The molecule has 13 heteroatoms. The highest BCUT2D eigenvalue weighted by molar-refractivity contribution is 5.84. The predicted molar refractivity (Wildman–Crippen MR) is 153 cm³/mol. The first kappa shape index (κ1) is 33.7. The maximum atomic E-state index is 14.8. The van der Waals surface area contributed by atoms with Gasteiger partial charge in [0, 0.05) is 5.56 Å². The molecule has 1 amide bonds. The van der Waals surface area contributed by atoms with Crippen molar-refractivity contribution < 1.29 is 40.3 Å². The Balaban J connectivity index is 2.30. The molecule has 0 fully saturated rings. The molecule has 0 saturated heterocycles. The number of hydrogen-bond acceptors (Lipinski definition) is 6. The van der Waals surface area contributed by atoms with E-state index in [9.17, 15) is 31.1 Å². The topological polar surface area (TPSA) is 90.1 Å². The van der Waals surface area contributed by atoms with Gasteiger partial charge in [-0.3, -0.25) is 4.79 Å². The van der Waals surface area contributed by atoms with Crippen LogP contribution in [-0.4, -0.2) is 34.4 Å². The van der Waals surface area contributed by atoms with Crippen molar-refractivity contribution in [2.45, 2.75) is 37.2 Å². The van der Waals surface area contributed by atoms with Crippen LogP contribution in [0.2, 0.25) is 0 Å². The number of anilines is 1. The molecule has 0 spiro atoms. The molecule has 44 heavy (non-hydrogen) atoms. The normalized spacial score (nSPS) is 13.5. The molecular formula is C31H28F6N4O3. The SMILES string of the molecule is C=C/C=C(\C=C)COC(CCC=C)(c1nnc(-c2nc(-c3ccccc3CC=C)c(C(F)(F)F)cc2NC=O)o1)C(F)(F)F. The lowest BCUT2D eigenvalue weighted by Crippen LogP contribution is -2.45. The number of aromatic nitrogens is 3. The van der Waals surface area contributed by atoms with Gasteiger partial charge in [0.25, 0.3) is 11.8 Å². The fourth-order valence-corrected chi connectivity index (χ4v) is 4.26. The Bertz CT molecular complexity index is 1560. The zero-order valence-electron chi connectivity index (χ0n) is 23.3. The molecule has 0 aliphatic rings. The van der Waals surface area contributed by atoms with E-state index in [2.05, 4.69) is 46.8 Å². The van der Waals surface area contributed by atoms with E-state index < -0.39 is 65.4 Å². The highest BCUT2D eigenvalue weighted by atomic mass is 19.4. The summed E-state index contributed by atoms with van der Waals surface area (Å²) in [4.78, 5) is 15.5. The molecule has 0 aliphatic heterocycles. The van der Waals surface area contributed by atoms with Gasteiger partial charge in [0.1, 0.15) is 0 Å². The van der Waals surface area contributed by atoms with Crippen LogP contribution in [0.3, 0.4) is 0 Å². The number of allylic oxidation sites excluding steroid dienone is 4. The molecule has 1 aromatic carbocycles. The first-order chi connectivity index (χ1) is 20.9. The number of benzene rings is 1. The summed E-state index contributed by atoms with van der Waals surface area (Å²) in [5.74, 6) is -1.72. The van der Waals surface area contributed by atoms with Crippen molar-refractivity contribution in [2.24, 2.45) is 0 Å². The summed E-state index contributed by atoms with van der Waals surface area (Å²) < 4.78 is 97.9. The van der Waals surface area contributed by atoms with Crippen LogP contribution in [0.25, 0.3) is 22.8 Å². The Kier molecular flexibility index (Phi) is 10.8. The average molecular weight is 619 g/mol. The monoisotopic (exact) mass is 618 g/mol. The molecular weight excluding hydrogens is 590 g/mol. The van der Waals surface area contributed by atoms with Crippen LogP contribution in [0, 0.1) is 0 Å². The molecule has 2 aromatic heterocycles. The van der Waals surface area contributed by atoms with Crippen molar-refractivity contribution in [3.8, 4) is 22.8 Å².